The molecule has 4 rings (SSSR count). The van der Waals surface area contributed by atoms with Crippen LogP contribution in [0.2, 0.25) is 0 Å². The van der Waals surface area contributed by atoms with Gasteiger partial charge in [-0.1, -0.05) is 12.1 Å². The number of ether oxygens (including phenoxy) is 1. The van der Waals surface area contributed by atoms with E-state index >= 15 is 0 Å². The first kappa shape index (κ1) is 15.0. The number of carboxylic acid groups (broad SMARTS) is 1. The third kappa shape index (κ3) is 2.74. The Kier molecular flexibility index (Phi) is 3.50. The van der Waals surface area contributed by atoms with Crippen LogP contribution in [0.25, 0.3) is 33.9 Å². The summed E-state index contributed by atoms with van der Waals surface area (Å²) in [5.74, 6) is 1.67. The molecule has 2 aromatic heterocycles. The fourth-order valence-electron chi connectivity index (χ4n) is 2.63. The van der Waals surface area contributed by atoms with E-state index in [1.165, 1.54) is 0 Å². The first-order chi connectivity index (χ1) is 12.1. The molecule has 0 aliphatic rings. The molecular weight excluding hydrogens is 320 g/mol. The smallest absolute Gasteiger partial charge is 0.335 e. The van der Waals surface area contributed by atoms with Crippen molar-refractivity contribution in [2.75, 3.05) is 7.11 Å². The van der Waals surface area contributed by atoms with Crippen LogP contribution >= 0.6 is 0 Å². The number of fused-ring (bicyclic) bond motifs is 1. The number of aromatic amines is 1. The lowest BCUT2D eigenvalue weighted by Crippen LogP contribution is -1.94. The number of rotatable bonds is 4. The van der Waals surface area contributed by atoms with Crippen LogP contribution in [0.5, 0.6) is 5.75 Å². The van der Waals surface area contributed by atoms with E-state index in [4.69, 9.17) is 14.3 Å². The van der Waals surface area contributed by atoms with E-state index in [-0.39, 0.29) is 5.56 Å². The second-order valence-electron chi connectivity index (χ2n) is 5.51. The summed E-state index contributed by atoms with van der Waals surface area (Å²) in [5, 5.41) is 8.96. The Hall–Kier alpha value is -3.54. The molecule has 0 radical (unpaired) electrons. The summed E-state index contributed by atoms with van der Waals surface area (Å²) < 4.78 is 11.1. The van der Waals surface area contributed by atoms with E-state index in [9.17, 15) is 4.79 Å². The highest BCUT2D eigenvalue weighted by atomic mass is 16.5. The third-order valence-corrected chi connectivity index (χ3v) is 3.94. The lowest BCUT2D eigenvalue weighted by Gasteiger charge is -1.98. The summed E-state index contributed by atoms with van der Waals surface area (Å²) in [7, 11) is 1.62. The van der Waals surface area contributed by atoms with Crippen molar-refractivity contribution in [3.8, 4) is 28.7 Å². The number of hydrogen-bond donors (Lipinski definition) is 2. The first-order valence-electron chi connectivity index (χ1n) is 7.62. The maximum absolute atomic E-state index is 10.9. The second kappa shape index (κ2) is 5.83. The Bertz CT molecular complexity index is 1060. The molecule has 0 bridgehead atoms. The molecule has 0 unspecified atom stereocenters. The molecule has 2 aromatic carbocycles. The molecule has 2 N–H and O–H groups in total. The molecular formula is C19H14N2O4. The van der Waals surface area contributed by atoms with Gasteiger partial charge < -0.3 is 19.2 Å². The number of H-pyrrole nitrogens is 1. The molecule has 0 amide bonds. The Balaban J connectivity index is 1.67. The molecule has 25 heavy (non-hydrogen) atoms. The molecule has 0 saturated carbocycles. The minimum Gasteiger partial charge on any atom is -0.497 e. The first-order valence-corrected chi connectivity index (χ1v) is 7.62. The molecule has 124 valence electrons. The highest BCUT2D eigenvalue weighted by Crippen LogP contribution is 2.29. The normalized spacial score (nSPS) is 10.9. The van der Waals surface area contributed by atoms with Crippen LogP contribution in [-0.4, -0.2) is 28.2 Å². The topological polar surface area (TPSA) is 88.3 Å². The van der Waals surface area contributed by atoms with Gasteiger partial charge in [-0.3, -0.25) is 0 Å². The van der Waals surface area contributed by atoms with E-state index in [0.717, 1.165) is 22.3 Å². The lowest BCUT2D eigenvalue weighted by molar-refractivity contribution is 0.0697. The average Bonchev–Trinajstić information content (AvgIpc) is 3.27. The quantitative estimate of drug-likeness (QED) is 0.584. The second-order valence-corrected chi connectivity index (χ2v) is 5.51. The van der Waals surface area contributed by atoms with Gasteiger partial charge >= 0.3 is 5.97 Å². The average molecular weight is 334 g/mol. The third-order valence-electron chi connectivity index (χ3n) is 3.94. The predicted molar refractivity (Wildman–Crippen MR) is 92.7 cm³/mol. The number of carbonyl (C=O) groups is 1. The number of furan rings is 1. The Labute approximate surface area is 142 Å². The summed E-state index contributed by atoms with van der Waals surface area (Å²) >= 11 is 0. The van der Waals surface area contributed by atoms with Gasteiger partial charge in [-0.25, -0.2) is 9.78 Å². The Morgan fingerprint density at radius 2 is 1.84 bits per heavy atom. The van der Waals surface area contributed by atoms with Gasteiger partial charge in [-0.15, -0.1) is 0 Å². The molecule has 4 aromatic rings. The van der Waals surface area contributed by atoms with Crippen LogP contribution in [0.15, 0.2) is 59.0 Å². The van der Waals surface area contributed by atoms with Crippen molar-refractivity contribution < 1.29 is 19.1 Å². The number of nitrogens with zero attached hydrogens (tertiary/aromatic N) is 1. The van der Waals surface area contributed by atoms with Crippen molar-refractivity contribution in [3.05, 3.63) is 60.2 Å². The molecule has 0 atom stereocenters. The van der Waals surface area contributed by atoms with E-state index in [0.29, 0.717) is 17.3 Å². The van der Waals surface area contributed by atoms with Gasteiger partial charge in [0.25, 0.3) is 0 Å². The fraction of sp³-hybridized carbons (Fsp3) is 0.0526. The van der Waals surface area contributed by atoms with Crippen LogP contribution in [-0.2, 0) is 0 Å². The van der Waals surface area contributed by atoms with E-state index in [2.05, 4.69) is 9.97 Å². The van der Waals surface area contributed by atoms with Gasteiger partial charge in [0.2, 0.25) is 0 Å². The highest BCUT2D eigenvalue weighted by molar-refractivity contribution is 5.88. The van der Waals surface area contributed by atoms with Gasteiger partial charge in [0, 0.05) is 11.6 Å². The molecule has 2 heterocycles. The number of nitrogens with one attached hydrogen (secondary N) is 1. The van der Waals surface area contributed by atoms with Gasteiger partial charge in [0.15, 0.2) is 11.6 Å². The molecule has 0 saturated heterocycles. The molecule has 6 nitrogen and oxygen atoms in total. The molecule has 6 heteroatoms. The molecule has 0 spiro atoms. The number of benzene rings is 2. The zero-order chi connectivity index (χ0) is 17.4. The van der Waals surface area contributed by atoms with Gasteiger partial charge in [0.1, 0.15) is 11.5 Å². The standard InChI is InChI=1S/C19H14N2O4/c1-24-13-6-7-14-15(10-13)21-18(20-14)17-9-8-16(25-17)11-2-4-12(5-3-11)19(22)23/h2-10H,1H3,(H,20,21)(H,22,23). The van der Waals surface area contributed by atoms with E-state index in [1.54, 1.807) is 31.4 Å². The fourth-order valence-corrected chi connectivity index (χ4v) is 2.63. The summed E-state index contributed by atoms with van der Waals surface area (Å²) in [4.78, 5) is 18.7. The highest BCUT2D eigenvalue weighted by Gasteiger charge is 2.12. The van der Waals surface area contributed by atoms with Crippen LogP contribution in [0.1, 0.15) is 10.4 Å². The van der Waals surface area contributed by atoms with Crippen LogP contribution in [0.3, 0.4) is 0 Å². The summed E-state index contributed by atoms with van der Waals surface area (Å²) in [5.41, 5.74) is 2.72. The number of aromatic carboxylic acids is 1. The number of methoxy groups -OCH3 is 1. The zero-order valence-electron chi connectivity index (χ0n) is 13.3. The minimum absolute atomic E-state index is 0.238. The maximum Gasteiger partial charge on any atom is 0.335 e. The summed E-state index contributed by atoms with van der Waals surface area (Å²) in [6.45, 7) is 0. The number of carboxylic acids is 1. The monoisotopic (exact) mass is 334 g/mol. The molecule has 0 aliphatic carbocycles. The van der Waals surface area contributed by atoms with Gasteiger partial charge in [0.05, 0.1) is 23.7 Å². The summed E-state index contributed by atoms with van der Waals surface area (Å²) in [6.07, 6.45) is 0. The van der Waals surface area contributed by atoms with Crippen LogP contribution < -0.4 is 4.74 Å². The van der Waals surface area contributed by atoms with Crippen molar-refractivity contribution in [1.29, 1.82) is 0 Å². The largest absolute Gasteiger partial charge is 0.497 e. The molecule has 0 fully saturated rings. The Morgan fingerprint density at radius 3 is 2.56 bits per heavy atom. The SMILES string of the molecule is COc1ccc2nc(-c3ccc(-c4ccc(C(=O)O)cc4)o3)[nH]c2c1. The van der Waals surface area contributed by atoms with Crippen molar-refractivity contribution in [2.45, 2.75) is 0 Å². The maximum atomic E-state index is 10.9. The molecule has 0 aliphatic heterocycles. The van der Waals surface area contributed by atoms with Gasteiger partial charge in [-0.05, 0) is 36.4 Å². The summed E-state index contributed by atoms with van der Waals surface area (Å²) in [6, 6.07) is 15.8. The van der Waals surface area contributed by atoms with Crippen molar-refractivity contribution >= 4 is 17.0 Å². The predicted octanol–water partition coefficient (Wildman–Crippen LogP) is 4.20. The van der Waals surface area contributed by atoms with Crippen molar-refractivity contribution in [2.24, 2.45) is 0 Å². The number of hydrogen-bond acceptors (Lipinski definition) is 4. The van der Waals surface area contributed by atoms with E-state index in [1.807, 2.05) is 30.3 Å². The number of imidazole rings is 1. The van der Waals surface area contributed by atoms with Crippen molar-refractivity contribution in [1.82, 2.24) is 9.97 Å². The van der Waals surface area contributed by atoms with Crippen LogP contribution in [0, 0.1) is 0 Å². The number of aromatic nitrogens is 2. The Morgan fingerprint density at radius 1 is 1.08 bits per heavy atom. The zero-order valence-corrected chi connectivity index (χ0v) is 13.3. The minimum atomic E-state index is -0.954. The van der Waals surface area contributed by atoms with E-state index < -0.39 is 5.97 Å². The van der Waals surface area contributed by atoms with Crippen LogP contribution in [0.4, 0.5) is 0 Å². The van der Waals surface area contributed by atoms with Crippen molar-refractivity contribution in [3.63, 3.8) is 0 Å². The van der Waals surface area contributed by atoms with Gasteiger partial charge in [-0.2, -0.15) is 0 Å². The lowest BCUT2D eigenvalue weighted by atomic mass is 10.1.